The number of para-hydroxylation sites is 1. The van der Waals surface area contributed by atoms with Gasteiger partial charge in [-0.25, -0.2) is 0 Å². The molecule has 1 aromatic heterocycles. The summed E-state index contributed by atoms with van der Waals surface area (Å²) in [4.78, 5) is 16.3. The molecule has 5 atom stereocenters. The first kappa shape index (κ1) is 18.6. The van der Waals surface area contributed by atoms with E-state index < -0.39 is 23.6 Å². The molecule has 3 aromatic rings. The maximum atomic E-state index is 12.8. The largest absolute Gasteiger partial charge is 0.469 e. The lowest BCUT2D eigenvalue weighted by atomic mass is 9.48. The normalized spacial score (nSPS) is 34.0. The molecule has 0 unspecified atom stereocenters. The van der Waals surface area contributed by atoms with Crippen molar-refractivity contribution < 1.29 is 19.7 Å². The molecular formula is C24H27NO4. The highest BCUT2D eigenvalue weighted by Crippen LogP contribution is 2.60. The van der Waals surface area contributed by atoms with E-state index in [9.17, 15) is 15.0 Å². The number of aromatic nitrogens is 1. The Kier molecular flexibility index (Phi) is 3.90. The van der Waals surface area contributed by atoms with Crippen LogP contribution in [0.25, 0.3) is 21.8 Å². The highest BCUT2D eigenvalue weighted by Gasteiger charge is 2.61. The van der Waals surface area contributed by atoms with Gasteiger partial charge < -0.3 is 19.9 Å². The van der Waals surface area contributed by atoms with Gasteiger partial charge in [-0.1, -0.05) is 25.1 Å². The number of ether oxygens (including phenoxy) is 1. The number of H-pyrrole nitrogens is 1. The fourth-order valence-electron chi connectivity index (χ4n) is 6.17. The molecule has 5 rings (SSSR count). The molecule has 0 bridgehead atoms. The van der Waals surface area contributed by atoms with Crippen molar-refractivity contribution in [3.8, 4) is 0 Å². The Morgan fingerprint density at radius 1 is 1.14 bits per heavy atom. The lowest BCUT2D eigenvalue weighted by Crippen LogP contribution is -2.59. The van der Waals surface area contributed by atoms with E-state index in [0.717, 1.165) is 39.4 Å². The van der Waals surface area contributed by atoms with Gasteiger partial charge in [0.25, 0.3) is 0 Å². The van der Waals surface area contributed by atoms with Crippen molar-refractivity contribution in [2.75, 3.05) is 7.11 Å². The van der Waals surface area contributed by atoms with Crippen molar-refractivity contribution in [3.05, 3.63) is 47.5 Å². The summed E-state index contributed by atoms with van der Waals surface area (Å²) in [5.41, 5.74) is 2.71. The SMILES string of the molecule is COC(=O)[C@]1(C)[C@@H](O)CC[C@]2(C)c3cc4c(cc3[C@@H](O)C[C@@H]12)[nH]c1ccccc14. The number of fused-ring (bicyclic) bond motifs is 6. The van der Waals surface area contributed by atoms with Crippen molar-refractivity contribution in [2.24, 2.45) is 11.3 Å². The summed E-state index contributed by atoms with van der Waals surface area (Å²) in [6.45, 7) is 3.98. The lowest BCUT2D eigenvalue weighted by Gasteiger charge is -2.56. The fourth-order valence-corrected chi connectivity index (χ4v) is 6.17. The van der Waals surface area contributed by atoms with Gasteiger partial charge in [0.15, 0.2) is 0 Å². The number of carbonyl (C=O) groups excluding carboxylic acids is 1. The van der Waals surface area contributed by atoms with Crippen LogP contribution in [0, 0.1) is 11.3 Å². The predicted octanol–water partition coefficient (Wildman–Crippen LogP) is 3.97. The van der Waals surface area contributed by atoms with Gasteiger partial charge in [0.2, 0.25) is 0 Å². The molecule has 2 aromatic carbocycles. The van der Waals surface area contributed by atoms with Crippen LogP contribution in [0.5, 0.6) is 0 Å². The smallest absolute Gasteiger partial charge is 0.314 e. The van der Waals surface area contributed by atoms with Crippen LogP contribution in [0.3, 0.4) is 0 Å². The zero-order chi connectivity index (χ0) is 20.6. The van der Waals surface area contributed by atoms with Crippen LogP contribution < -0.4 is 0 Å². The Bertz CT molecular complexity index is 1130. The molecule has 3 N–H and O–H groups in total. The second kappa shape index (κ2) is 6.07. The van der Waals surface area contributed by atoms with E-state index in [2.05, 4.69) is 36.2 Å². The summed E-state index contributed by atoms with van der Waals surface area (Å²) in [7, 11) is 1.37. The highest BCUT2D eigenvalue weighted by molar-refractivity contribution is 6.07. The lowest BCUT2D eigenvalue weighted by molar-refractivity contribution is -0.177. The minimum absolute atomic E-state index is 0.212. The summed E-state index contributed by atoms with van der Waals surface area (Å²) < 4.78 is 5.11. The number of benzene rings is 2. The molecule has 1 saturated carbocycles. The molecule has 0 radical (unpaired) electrons. The van der Waals surface area contributed by atoms with Crippen LogP contribution in [0.2, 0.25) is 0 Å². The van der Waals surface area contributed by atoms with Gasteiger partial charge in [-0.05, 0) is 66.8 Å². The molecular weight excluding hydrogens is 366 g/mol. The number of hydrogen-bond acceptors (Lipinski definition) is 4. The molecule has 0 saturated heterocycles. The zero-order valence-electron chi connectivity index (χ0n) is 17.0. The molecule has 1 fully saturated rings. The van der Waals surface area contributed by atoms with Gasteiger partial charge in [-0.3, -0.25) is 4.79 Å². The third kappa shape index (κ3) is 2.31. The molecule has 1 heterocycles. The van der Waals surface area contributed by atoms with Crippen molar-refractivity contribution in [3.63, 3.8) is 0 Å². The summed E-state index contributed by atoms with van der Waals surface area (Å²) in [5.74, 6) is -0.610. The van der Waals surface area contributed by atoms with E-state index in [-0.39, 0.29) is 11.3 Å². The van der Waals surface area contributed by atoms with Crippen molar-refractivity contribution in [1.82, 2.24) is 4.98 Å². The summed E-state index contributed by atoms with van der Waals surface area (Å²) in [5, 5.41) is 24.2. The van der Waals surface area contributed by atoms with E-state index in [1.54, 1.807) is 6.92 Å². The van der Waals surface area contributed by atoms with Gasteiger partial charge in [-0.15, -0.1) is 0 Å². The first-order valence-corrected chi connectivity index (χ1v) is 10.3. The standard InChI is InChI=1S/C24H27NO4/c1-23-9-8-21(27)24(2,22(28)29-3)20(23)12-19(26)15-11-18-14(10-16(15)23)13-6-4-5-7-17(13)25-18/h4-7,10-11,19-21,25-27H,8-9,12H2,1-3H3/t19-,20+,21-,23+,24-/m0/s1. The molecule has 0 amide bonds. The van der Waals surface area contributed by atoms with Crippen molar-refractivity contribution in [1.29, 1.82) is 0 Å². The number of aliphatic hydroxyl groups excluding tert-OH is 2. The topological polar surface area (TPSA) is 82.6 Å². The number of rotatable bonds is 1. The van der Waals surface area contributed by atoms with Gasteiger partial charge in [0.1, 0.15) is 0 Å². The second-order valence-electron chi connectivity index (χ2n) is 9.21. The van der Waals surface area contributed by atoms with Gasteiger partial charge in [0, 0.05) is 21.8 Å². The number of aliphatic hydroxyl groups is 2. The summed E-state index contributed by atoms with van der Waals surface area (Å²) >= 11 is 0. The Hall–Kier alpha value is -2.37. The molecule has 0 aliphatic heterocycles. The second-order valence-corrected chi connectivity index (χ2v) is 9.21. The van der Waals surface area contributed by atoms with Crippen LogP contribution in [0.15, 0.2) is 36.4 Å². The number of hydrogen-bond donors (Lipinski definition) is 3. The van der Waals surface area contributed by atoms with E-state index in [1.807, 2.05) is 12.1 Å². The number of esters is 1. The summed E-state index contributed by atoms with van der Waals surface area (Å²) in [6, 6.07) is 12.4. The number of carbonyl (C=O) groups is 1. The Morgan fingerprint density at radius 3 is 2.66 bits per heavy atom. The van der Waals surface area contributed by atoms with Crippen LogP contribution in [-0.2, 0) is 14.9 Å². The molecule has 29 heavy (non-hydrogen) atoms. The third-order valence-electron chi connectivity index (χ3n) is 7.86. The van der Waals surface area contributed by atoms with Crippen molar-refractivity contribution in [2.45, 2.75) is 50.7 Å². The first-order valence-electron chi connectivity index (χ1n) is 10.3. The average Bonchev–Trinajstić information content (AvgIpc) is 3.09. The van der Waals surface area contributed by atoms with Crippen LogP contribution in [0.4, 0.5) is 0 Å². The first-order chi connectivity index (χ1) is 13.8. The quantitative estimate of drug-likeness (QED) is 0.547. The van der Waals surface area contributed by atoms with Gasteiger partial charge in [0.05, 0.1) is 24.7 Å². The maximum absolute atomic E-state index is 12.8. The van der Waals surface area contributed by atoms with Crippen molar-refractivity contribution >= 4 is 27.8 Å². The minimum Gasteiger partial charge on any atom is -0.469 e. The molecule has 152 valence electrons. The monoisotopic (exact) mass is 393 g/mol. The maximum Gasteiger partial charge on any atom is 0.314 e. The van der Waals surface area contributed by atoms with E-state index in [0.29, 0.717) is 12.8 Å². The number of methoxy groups -OCH3 is 1. The predicted molar refractivity (Wildman–Crippen MR) is 112 cm³/mol. The fraction of sp³-hybridized carbons (Fsp3) is 0.458. The van der Waals surface area contributed by atoms with Gasteiger partial charge >= 0.3 is 5.97 Å². The van der Waals surface area contributed by atoms with Crippen LogP contribution in [-0.4, -0.2) is 34.4 Å². The third-order valence-corrected chi connectivity index (χ3v) is 7.86. The van der Waals surface area contributed by atoms with Gasteiger partial charge in [-0.2, -0.15) is 0 Å². The number of aromatic amines is 1. The minimum atomic E-state index is -1.05. The number of nitrogens with one attached hydrogen (secondary N) is 1. The molecule has 5 heteroatoms. The molecule has 5 nitrogen and oxygen atoms in total. The Balaban J connectivity index is 1.76. The summed E-state index contributed by atoms with van der Waals surface area (Å²) in [6.07, 6.45) is 0.253. The van der Waals surface area contributed by atoms with E-state index >= 15 is 0 Å². The highest BCUT2D eigenvalue weighted by atomic mass is 16.5. The van der Waals surface area contributed by atoms with Crippen LogP contribution >= 0.6 is 0 Å². The Labute approximate surface area is 169 Å². The van der Waals surface area contributed by atoms with Crippen LogP contribution in [0.1, 0.15) is 50.3 Å². The molecule has 2 aliphatic carbocycles. The Morgan fingerprint density at radius 2 is 1.90 bits per heavy atom. The average molecular weight is 393 g/mol. The van der Waals surface area contributed by atoms with E-state index in [1.165, 1.54) is 7.11 Å². The molecule has 2 aliphatic rings. The zero-order valence-corrected chi connectivity index (χ0v) is 17.0. The molecule has 0 spiro atoms. The van der Waals surface area contributed by atoms with E-state index in [4.69, 9.17) is 4.74 Å².